The van der Waals surface area contributed by atoms with Crippen molar-refractivity contribution in [3.05, 3.63) is 35.4 Å². The summed E-state index contributed by atoms with van der Waals surface area (Å²) in [5.74, 6) is -0.861. The first-order valence-electron chi connectivity index (χ1n) is 5.33. The minimum absolute atomic E-state index is 0.429. The number of carbonyl (C=O) groups is 1. The summed E-state index contributed by atoms with van der Waals surface area (Å²) in [6, 6.07) is 6.99. The van der Waals surface area contributed by atoms with Crippen molar-refractivity contribution in [2.45, 2.75) is 18.6 Å². The summed E-state index contributed by atoms with van der Waals surface area (Å²) >= 11 is 0. The van der Waals surface area contributed by atoms with Gasteiger partial charge in [0, 0.05) is 0 Å². The number of aliphatic hydroxyl groups excluding tert-OH is 2. The van der Waals surface area contributed by atoms with Crippen molar-refractivity contribution < 1.29 is 19.7 Å². The Labute approximate surface area is 99.8 Å². The van der Waals surface area contributed by atoms with Gasteiger partial charge in [-0.05, 0) is 24.1 Å². The van der Waals surface area contributed by atoms with Crippen LogP contribution in [-0.2, 0) is 16.0 Å². The molecule has 0 radical (unpaired) electrons. The summed E-state index contributed by atoms with van der Waals surface area (Å²) in [5, 5.41) is 19.5. The Morgan fingerprint density at radius 3 is 2.65 bits per heavy atom. The highest BCUT2D eigenvalue weighted by Crippen LogP contribution is 2.22. The summed E-state index contributed by atoms with van der Waals surface area (Å²) < 4.78 is 4.38. The van der Waals surface area contributed by atoms with Crippen LogP contribution in [0.4, 0.5) is 0 Å². The van der Waals surface area contributed by atoms with Crippen molar-refractivity contribution in [3.8, 4) is 0 Å². The van der Waals surface area contributed by atoms with E-state index in [0.717, 1.165) is 12.7 Å². The van der Waals surface area contributed by atoms with E-state index >= 15 is 0 Å². The van der Waals surface area contributed by atoms with E-state index in [2.05, 4.69) is 4.74 Å². The number of ether oxygens (including phenoxy) is 1. The quantitative estimate of drug-likeness (QED) is 0.616. The second kappa shape index (κ2) is 6.34. The fourth-order valence-electron chi connectivity index (χ4n) is 1.63. The van der Waals surface area contributed by atoms with Gasteiger partial charge in [0.05, 0.1) is 7.11 Å². The number of esters is 1. The molecule has 1 aromatic rings. The van der Waals surface area contributed by atoms with Crippen molar-refractivity contribution >= 4 is 5.97 Å². The molecule has 0 aliphatic rings. The number of benzene rings is 1. The van der Waals surface area contributed by atoms with Crippen molar-refractivity contribution in [2.24, 2.45) is 5.73 Å². The molecule has 0 saturated carbocycles. The number of hydrogen-bond acceptors (Lipinski definition) is 5. The zero-order valence-corrected chi connectivity index (χ0v) is 9.67. The molecule has 0 amide bonds. The highest BCUT2D eigenvalue weighted by molar-refractivity contribution is 5.75. The molecule has 0 bridgehead atoms. The van der Waals surface area contributed by atoms with Gasteiger partial charge in [-0.1, -0.05) is 24.3 Å². The van der Waals surface area contributed by atoms with Crippen molar-refractivity contribution in [1.29, 1.82) is 0 Å². The second-order valence-corrected chi connectivity index (χ2v) is 3.65. The van der Waals surface area contributed by atoms with Gasteiger partial charge >= 0.3 is 5.97 Å². The second-order valence-electron chi connectivity index (χ2n) is 3.65. The van der Waals surface area contributed by atoms with Crippen LogP contribution in [0, 0.1) is 0 Å². The predicted molar refractivity (Wildman–Crippen MR) is 62.2 cm³/mol. The Balaban J connectivity index is 2.94. The van der Waals surface area contributed by atoms with Crippen LogP contribution in [0.15, 0.2) is 24.3 Å². The lowest BCUT2D eigenvalue weighted by molar-refractivity contribution is -0.156. The highest BCUT2D eigenvalue weighted by Gasteiger charge is 2.27. The normalized spacial score (nSPS) is 14.1. The molecule has 5 nitrogen and oxygen atoms in total. The molecule has 0 spiro atoms. The number of hydrogen-bond donors (Lipinski definition) is 3. The Morgan fingerprint density at radius 1 is 1.41 bits per heavy atom. The Hall–Kier alpha value is -1.43. The first-order valence-corrected chi connectivity index (χ1v) is 5.33. The average Bonchev–Trinajstić information content (AvgIpc) is 2.37. The molecule has 0 aliphatic heterocycles. The van der Waals surface area contributed by atoms with Crippen LogP contribution in [0.1, 0.15) is 17.2 Å². The van der Waals surface area contributed by atoms with Crippen LogP contribution in [0.25, 0.3) is 0 Å². The maximum absolute atomic E-state index is 11.1. The molecule has 4 N–H and O–H groups in total. The molecule has 0 fully saturated rings. The van der Waals surface area contributed by atoms with E-state index in [0.29, 0.717) is 18.5 Å². The fourth-order valence-corrected chi connectivity index (χ4v) is 1.63. The lowest BCUT2D eigenvalue weighted by atomic mass is 9.97. The Morgan fingerprint density at radius 2 is 2.06 bits per heavy atom. The zero-order valence-electron chi connectivity index (χ0n) is 9.67. The minimum Gasteiger partial charge on any atom is -0.467 e. The van der Waals surface area contributed by atoms with E-state index in [1.807, 2.05) is 6.07 Å². The van der Waals surface area contributed by atoms with Crippen LogP contribution in [0.3, 0.4) is 0 Å². The third kappa shape index (κ3) is 3.26. The first kappa shape index (κ1) is 13.6. The molecule has 94 valence electrons. The molecule has 1 aromatic carbocycles. The number of aliphatic hydroxyl groups is 2. The lowest BCUT2D eigenvalue weighted by Crippen LogP contribution is -2.29. The summed E-state index contributed by atoms with van der Waals surface area (Å²) in [5.41, 5.74) is 6.76. The average molecular weight is 239 g/mol. The highest BCUT2D eigenvalue weighted by atomic mass is 16.5. The van der Waals surface area contributed by atoms with E-state index in [9.17, 15) is 15.0 Å². The van der Waals surface area contributed by atoms with Crippen LogP contribution >= 0.6 is 0 Å². The van der Waals surface area contributed by atoms with Crippen molar-refractivity contribution in [1.82, 2.24) is 0 Å². The molecule has 0 saturated heterocycles. The summed E-state index contributed by atoms with van der Waals surface area (Å²) in [7, 11) is 1.16. The molecule has 17 heavy (non-hydrogen) atoms. The van der Waals surface area contributed by atoms with E-state index in [1.54, 1.807) is 18.2 Å². The standard InChI is InChI=1S/C12H17NO4/c1-17-12(16)11(15)10(14)9-5-3-2-4-8(9)6-7-13/h2-5,10-11,14-15H,6-7,13H2,1H3. The summed E-state index contributed by atoms with van der Waals surface area (Å²) in [6.45, 7) is 0.429. The first-order chi connectivity index (χ1) is 8.11. The van der Waals surface area contributed by atoms with Gasteiger partial charge in [0.1, 0.15) is 6.10 Å². The molecular weight excluding hydrogens is 222 g/mol. The zero-order chi connectivity index (χ0) is 12.8. The maximum Gasteiger partial charge on any atom is 0.337 e. The largest absolute Gasteiger partial charge is 0.467 e. The Bertz CT molecular complexity index is 381. The molecule has 2 unspecified atom stereocenters. The van der Waals surface area contributed by atoms with Crippen molar-refractivity contribution in [2.75, 3.05) is 13.7 Å². The number of methoxy groups -OCH3 is 1. The molecule has 5 heteroatoms. The topological polar surface area (TPSA) is 92.8 Å². The van der Waals surface area contributed by atoms with E-state index in [1.165, 1.54) is 0 Å². The molecule has 0 heterocycles. The van der Waals surface area contributed by atoms with Gasteiger partial charge in [0.2, 0.25) is 0 Å². The predicted octanol–water partition coefficient (Wildman–Crippen LogP) is -0.245. The van der Waals surface area contributed by atoms with Gasteiger partial charge < -0.3 is 20.7 Å². The van der Waals surface area contributed by atoms with Crippen LogP contribution < -0.4 is 5.73 Å². The molecule has 2 atom stereocenters. The summed E-state index contributed by atoms with van der Waals surface area (Å²) in [6.07, 6.45) is -2.31. The molecule has 0 aliphatic carbocycles. The minimum atomic E-state index is -1.58. The number of carbonyl (C=O) groups excluding carboxylic acids is 1. The third-order valence-electron chi connectivity index (χ3n) is 2.53. The smallest absolute Gasteiger partial charge is 0.337 e. The van der Waals surface area contributed by atoms with Crippen molar-refractivity contribution in [3.63, 3.8) is 0 Å². The SMILES string of the molecule is COC(=O)C(O)C(O)c1ccccc1CCN. The van der Waals surface area contributed by atoms with Crippen LogP contribution in [-0.4, -0.2) is 35.9 Å². The van der Waals surface area contributed by atoms with Gasteiger partial charge in [0.25, 0.3) is 0 Å². The third-order valence-corrected chi connectivity index (χ3v) is 2.53. The van der Waals surface area contributed by atoms with Gasteiger partial charge in [-0.25, -0.2) is 4.79 Å². The van der Waals surface area contributed by atoms with Crippen LogP contribution in [0.2, 0.25) is 0 Å². The van der Waals surface area contributed by atoms with Gasteiger partial charge in [0.15, 0.2) is 6.10 Å². The molecular formula is C12H17NO4. The molecule has 1 rings (SSSR count). The fraction of sp³-hybridized carbons (Fsp3) is 0.417. The number of rotatable bonds is 5. The molecule has 0 aromatic heterocycles. The lowest BCUT2D eigenvalue weighted by Gasteiger charge is -2.18. The van der Waals surface area contributed by atoms with E-state index in [-0.39, 0.29) is 0 Å². The van der Waals surface area contributed by atoms with E-state index < -0.39 is 18.2 Å². The van der Waals surface area contributed by atoms with Gasteiger partial charge in [-0.2, -0.15) is 0 Å². The maximum atomic E-state index is 11.1. The monoisotopic (exact) mass is 239 g/mol. The van der Waals surface area contributed by atoms with E-state index in [4.69, 9.17) is 5.73 Å². The Kier molecular flexibility index (Phi) is 5.09. The van der Waals surface area contributed by atoms with Gasteiger partial charge in [-0.15, -0.1) is 0 Å². The van der Waals surface area contributed by atoms with Crippen LogP contribution in [0.5, 0.6) is 0 Å². The van der Waals surface area contributed by atoms with Gasteiger partial charge in [-0.3, -0.25) is 0 Å². The summed E-state index contributed by atoms with van der Waals surface area (Å²) in [4.78, 5) is 11.1. The number of nitrogens with two attached hydrogens (primary N) is 1.